The van der Waals surface area contributed by atoms with Crippen LogP contribution in [0.25, 0.3) is 0 Å². The van der Waals surface area contributed by atoms with Gasteiger partial charge in [-0.2, -0.15) is 0 Å². The predicted molar refractivity (Wildman–Crippen MR) is 48.2 cm³/mol. The normalized spacial score (nSPS) is 12.9. The van der Waals surface area contributed by atoms with Crippen LogP contribution in [0.1, 0.15) is 31.4 Å². The summed E-state index contributed by atoms with van der Waals surface area (Å²) in [6, 6.07) is 6.53. The van der Waals surface area contributed by atoms with Crippen molar-refractivity contribution in [3.8, 4) is 0 Å². The predicted octanol–water partition coefficient (Wildman–Crippen LogP) is 2.63. The van der Waals surface area contributed by atoms with Crippen LogP contribution in [-0.2, 0) is 0 Å². The van der Waals surface area contributed by atoms with E-state index in [4.69, 9.17) is 5.73 Å². The van der Waals surface area contributed by atoms with Gasteiger partial charge in [-0.25, -0.2) is 4.39 Å². The third-order valence-electron chi connectivity index (χ3n) is 1.90. The standard InChI is InChI=1S/C10H14FN/c1-2-5-10(12)8-6-3-4-7-9(8)11/h3-4,6-7,10H,2,5,12H2,1H3/t10-/m1/s1. The number of halogens is 1. The van der Waals surface area contributed by atoms with Gasteiger partial charge in [0.2, 0.25) is 0 Å². The lowest BCUT2D eigenvalue weighted by Crippen LogP contribution is -2.11. The van der Waals surface area contributed by atoms with Crippen molar-refractivity contribution in [3.05, 3.63) is 35.6 Å². The average Bonchev–Trinajstić information content (AvgIpc) is 2.05. The molecule has 1 nitrogen and oxygen atoms in total. The minimum absolute atomic E-state index is 0.156. The maximum atomic E-state index is 13.1. The van der Waals surface area contributed by atoms with Crippen molar-refractivity contribution in [1.29, 1.82) is 0 Å². The molecule has 0 fully saturated rings. The van der Waals surface area contributed by atoms with Crippen molar-refractivity contribution < 1.29 is 4.39 Å². The van der Waals surface area contributed by atoms with Gasteiger partial charge in [-0.05, 0) is 12.5 Å². The van der Waals surface area contributed by atoms with E-state index < -0.39 is 0 Å². The van der Waals surface area contributed by atoms with Crippen LogP contribution in [0.3, 0.4) is 0 Å². The molecule has 1 aromatic carbocycles. The van der Waals surface area contributed by atoms with E-state index in [1.54, 1.807) is 12.1 Å². The molecule has 0 amide bonds. The Balaban J connectivity index is 2.79. The van der Waals surface area contributed by atoms with E-state index in [1.165, 1.54) is 6.07 Å². The molecule has 0 radical (unpaired) electrons. The first-order chi connectivity index (χ1) is 5.75. The third-order valence-corrected chi connectivity index (χ3v) is 1.90. The fraction of sp³-hybridized carbons (Fsp3) is 0.400. The number of hydrogen-bond acceptors (Lipinski definition) is 1. The van der Waals surface area contributed by atoms with Crippen molar-refractivity contribution in [2.45, 2.75) is 25.8 Å². The number of rotatable bonds is 3. The Morgan fingerprint density at radius 2 is 2.08 bits per heavy atom. The van der Waals surface area contributed by atoms with Crippen LogP contribution in [0.2, 0.25) is 0 Å². The van der Waals surface area contributed by atoms with E-state index in [2.05, 4.69) is 0 Å². The lowest BCUT2D eigenvalue weighted by Gasteiger charge is -2.10. The van der Waals surface area contributed by atoms with Gasteiger partial charge < -0.3 is 5.73 Å². The van der Waals surface area contributed by atoms with Gasteiger partial charge in [0.25, 0.3) is 0 Å². The molecule has 2 N–H and O–H groups in total. The highest BCUT2D eigenvalue weighted by Crippen LogP contribution is 2.18. The molecule has 2 heteroatoms. The van der Waals surface area contributed by atoms with Crippen LogP contribution >= 0.6 is 0 Å². The van der Waals surface area contributed by atoms with Crippen molar-refractivity contribution in [1.82, 2.24) is 0 Å². The summed E-state index contributed by atoms with van der Waals surface area (Å²) < 4.78 is 13.1. The van der Waals surface area contributed by atoms with Gasteiger partial charge in [-0.1, -0.05) is 31.5 Å². The summed E-state index contributed by atoms with van der Waals surface area (Å²) >= 11 is 0. The minimum atomic E-state index is -0.196. The molecule has 0 bridgehead atoms. The first-order valence-electron chi connectivity index (χ1n) is 4.25. The summed E-state index contributed by atoms with van der Waals surface area (Å²) in [5.74, 6) is -0.196. The van der Waals surface area contributed by atoms with Gasteiger partial charge in [-0.15, -0.1) is 0 Å². The monoisotopic (exact) mass is 167 g/mol. The van der Waals surface area contributed by atoms with Crippen LogP contribution in [0.5, 0.6) is 0 Å². The van der Waals surface area contributed by atoms with E-state index in [1.807, 2.05) is 13.0 Å². The number of hydrogen-bond donors (Lipinski definition) is 1. The Morgan fingerprint density at radius 1 is 1.42 bits per heavy atom. The molecule has 1 rings (SSSR count). The molecule has 1 atom stereocenters. The van der Waals surface area contributed by atoms with Crippen LogP contribution in [0.15, 0.2) is 24.3 Å². The van der Waals surface area contributed by atoms with Gasteiger partial charge in [0.05, 0.1) is 0 Å². The second-order valence-corrected chi connectivity index (χ2v) is 2.92. The van der Waals surface area contributed by atoms with Crippen molar-refractivity contribution >= 4 is 0 Å². The zero-order valence-electron chi connectivity index (χ0n) is 7.26. The molecule has 1 aromatic rings. The van der Waals surface area contributed by atoms with Gasteiger partial charge in [0.15, 0.2) is 0 Å². The fourth-order valence-electron chi connectivity index (χ4n) is 1.24. The van der Waals surface area contributed by atoms with Crippen molar-refractivity contribution in [2.24, 2.45) is 5.73 Å². The molecular weight excluding hydrogens is 153 g/mol. The summed E-state index contributed by atoms with van der Waals surface area (Å²) in [4.78, 5) is 0. The van der Waals surface area contributed by atoms with E-state index in [0.29, 0.717) is 5.56 Å². The first kappa shape index (κ1) is 9.20. The van der Waals surface area contributed by atoms with E-state index in [9.17, 15) is 4.39 Å². The first-order valence-corrected chi connectivity index (χ1v) is 4.25. The molecular formula is C10H14FN. The Kier molecular flexibility index (Phi) is 3.23. The Bertz CT molecular complexity index is 247. The van der Waals surface area contributed by atoms with Crippen LogP contribution < -0.4 is 5.73 Å². The summed E-state index contributed by atoms with van der Waals surface area (Å²) in [7, 11) is 0. The molecule has 0 aromatic heterocycles. The highest BCUT2D eigenvalue weighted by Gasteiger charge is 2.08. The largest absolute Gasteiger partial charge is 0.324 e. The van der Waals surface area contributed by atoms with Crippen molar-refractivity contribution in [3.63, 3.8) is 0 Å². The second-order valence-electron chi connectivity index (χ2n) is 2.92. The van der Waals surface area contributed by atoms with E-state index in [0.717, 1.165) is 12.8 Å². The quantitative estimate of drug-likeness (QED) is 0.735. The van der Waals surface area contributed by atoms with E-state index in [-0.39, 0.29) is 11.9 Å². The molecule has 0 aliphatic heterocycles. The van der Waals surface area contributed by atoms with Crippen LogP contribution in [-0.4, -0.2) is 0 Å². The summed E-state index contributed by atoms with van der Waals surface area (Å²) in [5.41, 5.74) is 6.39. The van der Waals surface area contributed by atoms with Gasteiger partial charge >= 0.3 is 0 Å². The Hall–Kier alpha value is -0.890. The number of benzene rings is 1. The minimum Gasteiger partial charge on any atom is -0.324 e. The average molecular weight is 167 g/mol. The summed E-state index contributed by atoms with van der Waals surface area (Å²) in [6.45, 7) is 2.04. The lowest BCUT2D eigenvalue weighted by atomic mass is 10.0. The van der Waals surface area contributed by atoms with E-state index >= 15 is 0 Å². The SMILES string of the molecule is CCC[C@@H](N)c1ccccc1F. The fourth-order valence-corrected chi connectivity index (χ4v) is 1.24. The van der Waals surface area contributed by atoms with Crippen molar-refractivity contribution in [2.75, 3.05) is 0 Å². The van der Waals surface area contributed by atoms with Crippen LogP contribution in [0.4, 0.5) is 4.39 Å². The molecule has 0 spiro atoms. The zero-order valence-corrected chi connectivity index (χ0v) is 7.26. The highest BCUT2D eigenvalue weighted by molar-refractivity contribution is 5.20. The lowest BCUT2D eigenvalue weighted by molar-refractivity contribution is 0.560. The maximum Gasteiger partial charge on any atom is 0.127 e. The molecule has 0 aliphatic rings. The molecule has 0 heterocycles. The van der Waals surface area contributed by atoms with Gasteiger partial charge in [-0.3, -0.25) is 0 Å². The molecule has 66 valence electrons. The number of nitrogens with two attached hydrogens (primary N) is 1. The molecule has 0 aliphatic carbocycles. The van der Waals surface area contributed by atoms with Crippen LogP contribution in [0, 0.1) is 5.82 Å². The molecule has 0 saturated heterocycles. The topological polar surface area (TPSA) is 26.0 Å². The maximum absolute atomic E-state index is 13.1. The third kappa shape index (κ3) is 2.05. The smallest absolute Gasteiger partial charge is 0.127 e. The van der Waals surface area contributed by atoms with Gasteiger partial charge in [0, 0.05) is 11.6 Å². The molecule has 0 unspecified atom stereocenters. The van der Waals surface area contributed by atoms with Gasteiger partial charge in [0.1, 0.15) is 5.82 Å². The molecule has 12 heavy (non-hydrogen) atoms. The summed E-state index contributed by atoms with van der Waals surface area (Å²) in [5, 5.41) is 0. The highest BCUT2D eigenvalue weighted by atomic mass is 19.1. The zero-order chi connectivity index (χ0) is 8.97. The molecule has 0 saturated carbocycles. The second kappa shape index (κ2) is 4.21. The Labute approximate surface area is 72.4 Å². The Morgan fingerprint density at radius 3 is 2.67 bits per heavy atom. The summed E-state index contributed by atoms with van der Waals surface area (Å²) in [6.07, 6.45) is 1.82.